The van der Waals surface area contributed by atoms with E-state index in [1.807, 2.05) is 4.90 Å². The van der Waals surface area contributed by atoms with Gasteiger partial charge in [-0.15, -0.1) is 0 Å². The summed E-state index contributed by atoms with van der Waals surface area (Å²) in [7, 11) is 0. The maximum atomic E-state index is 12.0. The van der Waals surface area contributed by atoms with Gasteiger partial charge in [0.05, 0.1) is 12.2 Å². The average molecular weight is 329 g/mol. The topological polar surface area (TPSA) is 101 Å². The van der Waals surface area contributed by atoms with Crippen molar-refractivity contribution in [2.24, 2.45) is 5.73 Å². The van der Waals surface area contributed by atoms with Crippen molar-refractivity contribution in [3.8, 4) is 0 Å². The quantitative estimate of drug-likeness (QED) is 0.797. The Labute approximate surface area is 134 Å². The molecule has 2 heterocycles. The van der Waals surface area contributed by atoms with Crippen LogP contribution in [0.15, 0.2) is 4.52 Å². The molecule has 0 aliphatic carbocycles. The van der Waals surface area contributed by atoms with Crippen LogP contribution in [0.2, 0.25) is 5.22 Å². The summed E-state index contributed by atoms with van der Waals surface area (Å²) in [6.45, 7) is 3.62. The lowest BCUT2D eigenvalue weighted by molar-refractivity contribution is -0.123. The van der Waals surface area contributed by atoms with Gasteiger partial charge in [-0.25, -0.2) is 0 Å². The lowest BCUT2D eigenvalue weighted by Gasteiger charge is -2.31. The van der Waals surface area contributed by atoms with Crippen molar-refractivity contribution in [1.82, 2.24) is 15.4 Å². The lowest BCUT2D eigenvalue weighted by atomic mass is 10.0. The van der Waals surface area contributed by atoms with Crippen LogP contribution in [0.3, 0.4) is 0 Å². The highest BCUT2D eigenvalue weighted by Crippen LogP contribution is 2.20. The van der Waals surface area contributed by atoms with Gasteiger partial charge in [0, 0.05) is 31.1 Å². The zero-order chi connectivity index (χ0) is 16.1. The molecule has 7 nitrogen and oxygen atoms in total. The van der Waals surface area contributed by atoms with E-state index in [1.165, 1.54) is 0 Å². The third kappa shape index (κ3) is 4.71. The van der Waals surface area contributed by atoms with Crippen molar-refractivity contribution in [3.63, 3.8) is 0 Å². The Hall–Kier alpha value is -1.60. The van der Waals surface area contributed by atoms with Crippen LogP contribution >= 0.6 is 11.6 Å². The van der Waals surface area contributed by atoms with E-state index >= 15 is 0 Å². The molecule has 1 fully saturated rings. The minimum atomic E-state index is -0.316. The molecule has 1 aliphatic rings. The zero-order valence-electron chi connectivity index (χ0n) is 12.6. The largest absolute Gasteiger partial charge is 0.369 e. The van der Waals surface area contributed by atoms with Crippen LogP contribution in [0.4, 0.5) is 0 Å². The van der Waals surface area contributed by atoms with Gasteiger partial charge in [0.1, 0.15) is 0 Å². The molecule has 1 saturated heterocycles. The molecular formula is C14H21ClN4O3. The van der Waals surface area contributed by atoms with Crippen molar-refractivity contribution in [2.75, 3.05) is 19.6 Å². The van der Waals surface area contributed by atoms with Crippen molar-refractivity contribution in [3.05, 3.63) is 16.5 Å². The van der Waals surface area contributed by atoms with Gasteiger partial charge < -0.3 is 15.6 Å². The van der Waals surface area contributed by atoms with Gasteiger partial charge in [-0.1, -0.05) is 5.16 Å². The molecule has 0 spiro atoms. The summed E-state index contributed by atoms with van der Waals surface area (Å²) >= 11 is 5.87. The molecular weight excluding hydrogens is 308 g/mol. The SMILES string of the molecule is Cc1noc(Cl)c1CCC(=O)NC1CCN(CC(N)=O)CC1. The number of aromatic nitrogens is 1. The van der Waals surface area contributed by atoms with E-state index in [0.717, 1.165) is 37.2 Å². The van der Waals surface area contributed by atoms with E-state index < -0.39 is 0 Å². The van der Waals surface area contributed by atoms with Crippen LogP contribution < -0.4 is 11.1 Å². The number of halogens is 1. The second-order valence-corrected chi connectivity index (χ2v) is 5.95. The van der Waals surface area contributed by atoms with E-state index in [4.69, 9.17) is 21.9 Å². The van der Waals surface area contributed by atoms with Crippen molar-refractivity contribution >= 4 is 23.4 Å². The normalized spacial score (nSPS) is 16.6. The van der Waals surface area contributed by atoms with Crippen molar-refractivity contribution < 1.29 is 14.1 Å². The summed E-state index contributed by atoms with van der Waals surface area (Å²) in [5, 5.41) is 7.03. The van der Waals surface area contributed by atoms with Crippen LogP contribution in [0, 0.1) is 6.92 Å². The number of carbonyl (C=O) groups is 2. The van der Waals surface area contributed by atoms with Crippen LogP contribution in [0.1, 0.15) is 30.5 Å². The fourth-order valence-corrected chi connectivity index (χ4v) is 2.90. The Kier molecular flexibility index (Phi) is 5.79. The van der Waals surface area contributed by atoms with Gasteiger partial charge in [-0.3, -0.25) is 14.5 Å². The molecule has 0 saturated carbocycles. The summed E-state index contributed by atoms with van der Waals surface area (Å²) in [6.07, 6.45) is 2.52. The maximum Gasteiger partial charge on any atom is 0.231 e. The highest BCUT2D eigenvalue weighted by atomic mass is 35.5. The zero-order valence-corrected chi connectivity index (χ0v) is 13.4. The van der Waals surface area contributed by atoms with Gasteiger partial charge >= 0.3 is 0 Å². The Morgan fingerprint density at radius 1 is 1.45 bits per heavy atom. The molecule has 8 heteroatoms. The number of rotatable bonds is 6. The molecule has 1 aromatic heterocycles. The number of hydrogen-bond donors (Lipinski definition) is 2. The molecule has 122 valence electrons. The van der Waals surface area contributed by atoms with Crippen LogP contribution in [0.25, 0.3) is 0 Å². The number of nitrogens with zero attached hydrogens (tertiary/aromatic N) is 2. The van der Waals surface area contributed by atoms with Gasteiger partial charge in [0.25, 0.3) is 0 Å². The standard InChI is InChI=1S/C14H21ClN4O3/c1-9-11(14(15)22-18-9)2-3-13(21)17-10-4-6-19(7-5-10)8-12(16)20/h10H,2-8H2,1H3,(H2,16,20)(H,17,21). The molecule has 3 N–H and O–H groups in total. The summed E-state index contributed by atoms with van der Waals surface area (Å²) < 4.78 is 4.86. The number of aryl methyl sites for hydroxylation is 1. The number of hydrogen-bond acceptors (Lipinski definition) is 5. The highest BCUT2D eigenvalue weighted by Gasteiger charge is 2.21. The van der Waals surface area contributed by atoms with Gasteiger partial charge in [0.15, 0.2) is 0 Å². The van der Waals surface area contributed by atoms with Crippen molar-refractivity contribution in [2.45, 2.75) is 38.6 Å². The molecule has 0 unspecified atom stereocenters. The summed E-state index contributed by atoms with van der Waals surface area (Å²) in [5.41, 5.74) is 6.68. The highest BCUT2D eigenvalue weighted by molar-refractivity contribution is 6.29. The average Bonchev–Trinajstić information content (AvgIpc) is 2.77. The molecule has 2 amide bonds. The first-order valence-electron chi connectivity index (χ1n) is 7.36. The van der Waals surface area contributed by atoms with Crippen molar-refractivity contribution in [1.29, 1.82) is 0 Å². The maximum absolute atomic E-state index is 12.0. The Morgan fingerprint density at radius 3 is 2.68 bits per heavy atom. The number of piperidine rings is 1. The predicted octanol–water partition coefficient (Wildman–Crippen LogP) is 0.635. The van der Waals surface area contributed by atoms with Gasteiger partial charge in [0.2, 0.25) is 17.0 Å². The third-order valence-corrected chi connectivity index (χ3v) is 4.17. The van der Waals surface area contributed by atoms with E-state index in [-0.39, 0.29) is 29.6 Å². The summed E-state index contributed by atoms with van der Waals surface area (Å²) in [5.74, 6) is -0.325. The van der Waals surface area contributed by atoms with Gasteiger partial charge in [-0.2, -0.15) is 0 Å². The molecule has 0 aromatic carbocycles. The summed E-state index contributed by atoms with van der Waals surface area (Å²) in [4.78, 5) is 24.9. The van der Waals surface area contributed by atoms with E-state index in [2.05, 4.69) is 10.5 Å². The van der Waals surface area contributed by atoms with E-state index in [9.17, 15) is 9.59 Å². The molecule has 1 aromatic rings. The van der Waals surface area contributed by atoms with E-state index in [0.29, 0.717) is 12.8 Å². The molecule has 2 rings (SSSR count). The fourth-order valence-electron chi connectivity index (χ4n) is 2.63. The minimum absolute atomic E-state index is 0.00924. The minimum Gasteiger partial charge on any atom is -0.369 e. The smallest absolute Gasteiger partial charge is 0.231 e. The predicted molar refractivity (Wildman–Crippen MR) is 81.4 cm³/mol. The molecule has 0 atom stereocenters. The second-order valence-electron chi connectivity index (χ2n) is 5.60. The number of primary amides is 1. The Balaban J connectivity index is 1.71. The number of nitrogens with one attached hydrogen (secondary N) is 1. The molecule has 0 radical (unpaired) electrons. The van der Waals surface area contributed by atoms with Crippen LogP contribution in [0.5, 0.6) is 0 Å². The summed E-state index contributed by atoms with van der Waals surface area (Å²) in [6, 6.07) is 0.149. The number of amides is 2. The number of likely N-dealkylation sites (tertiary alicyclic amines) is 1. The van der Waals surface area contributed by atoms with Gasteiger partial charge in [-0.05, 0) is 37.8 Å². The first-order chi connectivity index (χ1) is 10.5. The number of nitrogens with two attached hydrogens (primary N) is 1. The Morgan fingerprint density at radius 2 is 2.14 bits per heavy atom. The number of carbonyl (C=O) groups excluding carboxylic acids is 2. The second kappa shape index (κ2) is 7.60. The lowest BCUT2D eigenvalue weighted by Crippen LogP contribution is -2.46. The first kappa shape index (κ1) is 16.8. The molecule has 0 bridgehead atoms. The first-order valence-corrected chi connectivity index (χ1v) is 7.74. The third-order valence-electron chi connectivity index (χ3n) is 3.87. The Bertz CT molecular complexity index is 519. The fraction of sp³-hybridized carbons (Fsp3) is 0.643. The monoisotopic (exact) mass is 328 g/mol. The molecule has 22 heavy (non-hydrogen) atoms. The van der Waals surface area contributed by atoms with Crippen LogP contribution in [-0.2, 0) is 16.0 Å². The molecule has 1 aliphatic heterocycles. The van der Waals surface area contributed by atoms with E-state index in [1.54, 1.807) is 6.92 Å². The van der Waals surface area contributed by atoms with Crippen LogP contribution in [-0.4, -0.2) is 47.5 Å².